The Morgan fingerprint density at radius 1 is 1.22 bits per heavy atom. The summed E-state index contributed by atoms with van der Waals surface area (Å²) in [5.74, 6) is 0.307. The number of carbonyl (C=O) groups is 1. The Labute approximate surface area is 133 Å². The molecular formula is C17H17N3O3. The van der Waals surface area contributed by atoms with Crippen molar-refractivity contribution >= 4 is 5.97 Å². The summed E-state index contributed by atoms with van der Waals surface area (Å²) in [7, 11) is 0. The fourth-order valence-electron chi connectivity index (χ4n) is 2.26. The van der Waals surface area contributed by atoms with Gasteiger partial charge in [-0.05, 0) is 24.6 Å². The van der Waals surface area contributed by atoms with Crippen molar-refractivity contribution in [1.82, 2.24) is 14.8 Å². The van der Waals surface area contributed by atoms with E-state index in [2.05, 4.69) is 10.2 Å². The second kappa shape index (κ2) is 6.48. The molecule has 0 aliphatic heterocycles. The van der Waals surface area contributed by atoms with Gasteiger partial charge in [-0.25, -0.2) is 4.79 Å². The second-order valence-corrected chi connectivity index (χ2v) is 5.21. The predicted octanol–water partition coefficient (Wildman–Crippen LogP) is 3.15. The molecule has 0 amide bonds. The Morgan fingerprint density at radius 2 is 2.00 bits per heavy atom. The quantitative estimate of drug-likeness (QED) is 0.677. The number of aromatic nitrogens is 3. The van der Waals surface area contributed by atoms with Crippen LogP contribution in [0.25, 0.3) is 0 Å². The lowest BCUT2D eigenvalue weighted by atomic mass is 10.2. The third-order valence-corrected chi connectivity index (χ3v) is 3.41. The van der Waals surface area contributed by atoms with E-state index in [0.29, 0.717) is 18.1 Å². The molecule has 1 atom stereocenters. The number of aryl methyl sites for hydroxylation is 1. The Bertz CT molecular complexity index is 792. The van der Waals surface area contributed by atoms with E-state index < -0.39 is 12.1 Å². The zero-order valence-electron chi connectivity index (χ0n) is 13.0. The molecule has 3 rings (SSSR count). The van der Waals surface area contributed by atoms with Crippen molar-refractivity contribution in [2.24, 2.45) is 0 Å². The average molecular weight is 311 g/mol. The average Bonchev–Trinajstić information content (AvgIpc) is 3.17. The van der Waals surface area contributed by atoms with Gasteiger partial charge in [0.2, 0.25) is 5.89 Å². The van der Waals surface area contributed by atoms with E-state index in [1.165, 1.54) is 0 Å². The summed E-state index contributed by atoms with van der Waals surface area (Å²) in [6.07, 6.45) is 1.26. The maximum atomic E-state index is 12.4. The molecular weight excluding hydrogens is 294 g/mol. The van der Waals surface area contributed by atoms with Crippen molar-refractivity contribution in [3.05, 3.63) is 71.7 Å². The molecule has 1 unspecified atom stereocenters. The van der Waals surface area contributed by atoms with Gasteiger partial charge in [-0.2, -0.15) is 0 Å². The molecule has 6 heteroatoms. The van der Waals surface area contributed by atoms with Gasteiger partial charge in [0.25, 0.3) is 5.89 Å². The molecule has 0 fully saturated rings. The predicted molar refractivity (Wildman–Crippen MR) is 82.8 cm³/mol. The van der Waals surface area contributed by atoms with E-state index >= 15 is 0 Å². The molecule has 0 spiro atoms. The number of hydrogen-bond donors (Lipinski definition) is 0. The van der Waals surface area contributed by atoms with E-state index in [-0.39, 0.29) is 5.89 Å². The molecule has 2 heterocycles. The first kappa shape index (κ1) is 15.0. The summed E-state index contributed by atoms with van der Waals surface area (Å²) in [5, 5.41) is 7.61. The molecule has 0 N–H and O–H groups in total. The van der Waals surface area contributed by atoms with Gasteiger partial charge in [0.05, 0.1) is 0 Å². The second-order valence-electron chi connectivity index (χ2n) is 5.21. The SMILES string of the molecule is Cc1nnc(C(C)OC(=O)c2cccn2Cc2ccccc2)o1. The first-order chi connectivity index (χ1) is 11.1. The summed E-state index contributed by atoms with van der Waals surface area (Å²) < 4.78 is 12.6. The van der Waals surface area contributed by atoms with Crippen LogP contribution in [0.15, 0.2) is 53.1 Å². The molecule has 0 radical (unpaired) electrons. The monoisotopic (exact) mass is 311 g/mol. The number of benzene rings is 1. The molecule has 3 aromatic rings. The van der Waals surface area contributed by atoms with Crippen LogP contribution >= 0.6 is 0 Å². The van der Waals surface area contributed by atoms with Crippen LogP contribution in [0.1, 0.15) is 40.9 Å². The maximum absolute atomic E-state index is 12.4. The van der Waals surface area contributed by atoms with Crippen molar-refractivity contribution in [1.29, 1.82) is 0 Å². The van der Waals surface area contributed by atoms with Gasteiger partial charge in [0.15, 0.2) is 6.10 Å². The normalized spacial score (nSPS) is 12.1. The lowest BCUT2D eigenvalue weighted by Gasteiger charge is -2.12. The van der Waals surface area contributed by atoms with Crippen molar-refractivity contribution in [3.63, 3.8) is 0 Å². The molecule has 1 aromatic carbocycles. The van der Waals surface area contributed by atoms with Crippen LogP contribution in [-0.2, 0) is 11.3 Å². The number of esters is 1. The van der Waals surface area contributed by atoms with Crippen LogP contribution in [0.5, 0.6) is 0 Å². The molecule has 118 valence electrons. The fourth-order valence-corrected chi connectivity index (χ4v) is 2.26. The van der Waals surface area contributed by atoms with E-state index in [1.54, 1.807) is 19.9 Å². The summed E-state index contributed by atoms with van der Waals surface area (Å²) in [4.78, 5) is 12.4. The highest BCUT2D eigenvalue weighted by molar-refractivity contribution is 5.87. The van der Waals surface area contributed by atoms with Crippen LogP contribution in [0.3, 0.4) is 0 Å². The first-order valence-corrected chi connectivity index (χ1v) is 7.33. The van der Waals surface area contributed by atoms with Gasteiger partial charge < -0.3 is 13.7 Å². The van der Waals surface area contributed by atoms with Crippen molar-refractivity contribution < 1.29 is 13.9 Å². The number of carbonyl (C=O) groups excluding carboxylic acids is 1. The fraction of sp³-hybridized carbons (Fsp3) is 0.235. The molecule has 0 saturated carbocycles. The molecule has 23 heavy (non-hydrogen) atoms. The minimum atomic E-state index is -0.594. The molecule has 0 aliphatic carbocycles. The Morgan fingerprint density at radius 3 is 2.70 bits per heavy atom. The van der Waals surface area contributed by atoms with Crippen molar-refractivity contribution in [3.8, 4) is 0 Å². The van der Waals surface area contributed by atoms with Crippen LogP contribution in [-0.4, -0.2) is 20.7 Å². The van der Waals surface area contributed by atoms with Crippen molar-refractivity contribution in [2.45, 2.75) is 26.5 Å². The molecule has 2 aromatic heterocycles. The lowest BCUT2D eigenvalue weighted by molar-refractivity contribution is 0.0265. The number of hydrogen-bond acceptors (Lipinski definition) is 5. The number of rotatable bonds is 5. The molecule has 0 bridgehead atoms. The molecule has 0 aliphatic rings. The highest BCUT2D eigenvalue weighted by atomic mass is 16.6. The highest BCUT2D eigenvalue weighted by Gasteiger charge is 2.20. The summed E-state index contributed by atoms with van der Waals surface area (Å²) >= 11 is 0. The Balaban J connectivity index is 1.72. The van der Waals surface area contributed by atoms with E-state index in [1.807, 2.05) is 47.2 Å². The zero-order chi connectivity index (χ0) is 16.2. The summed E-state index contributed by atoms with van der Waals surface area (Å²) in [6.45, 7) is 4.00. The van der Waals surface area contributed by atoms with Gasteiger partial charge in [0, 0.05) is 19.7 Å². The highest BCUT2D eigenvalue weighted by Crippen LogP contribution is 2.18. The third-order valence-electron chi connectivity index (χ3n) is 3.41. The summed E-state index contributed by atoms with van der Waals surface area (Å²) in [6, 6.07) is 13.5. The van der Waals surface area contributed by atoms with Crippen LogP contribution in [0, 0.1) is 6.92 Å². The minimum Gasteiger partial charge on any atom is -0.448 e. The van der Waals surface area contributed by atoms with E-state index in [4.69, 9.17) is 9.15 Å². The van der Waals surface area contributed by atoms with Gasteiger partial charge >= 0.3 is 5.97 Å². The maximum Gasteiger partial charge on any atom is 0.355 e. The zero-order valence-corrected chi connectivity index (χ0v) is 13.0. The molecule has 0 saturated heterocycles. The Hall–Kier alpha value is -2.89. The third kappa shape index (κ3) is 3.48. The topological polar surface area (TPSA) is 70.2 Å². The van der Waals surface area contributed by atoms with Gasteiger partial charge in [-0.1, -0.05) is 30.3 Å². The van der Waals surface area contributed by atoms with Gasteiger partial charge in [-0.15, -0.1) is 10.2 Å². The van der Waals surface area contributed by atoms with Crippen molar-refractivity contribution in [2.75, 3.05) is 0 Å². The van der Waals surface area contributed by atoms with E-state index in [0.717, 1.165) is 5.56 Å². The Kier molecular flexibility index (Phi) is 4.23. The van der Waals surface area contributed by atoms with Crippen LogP contribution in [0.4, 0.5) is 0 Å². The number of ether oxygens (including phenoxy) is 1. The smallest absolute Gasteiger partial charge is 0.355 e. The molecule has 6 nitrogen and oxygen atoms in total. The number of nitrogens with zero attached hydrogens (tertiary/aromatic N) is 3. The van der Waals surface area contributed by atoms with Crippen LogP contribution < -0.4 is 0 Å². The largest absolute Gasteiger partial charge is 0.448 e. The van der Waals surface area contributed by atoms with Gasteiger partial charge in [-0.3, -0.25) is 0 Å². The van der Waals surface area contributed by atoms with E-state index in [9.17, 15) is 4.79 Å². The lowest BCUT2D eigenvalue weighted by Crippen LogP contribution is -2.14. The standard InChI is InChI=1S/C17H17N3O3/c1-12(16-19-18-13(2)23-16)22-17(21)15-9-6-10-20(15)11-14-7-4-3-5-8-14/h3-10,12H,11H2,1-2H3. The first-order valence-electron chi connectivity index (χ1n) is 7.33. The minimum absolute atomic E-state index is 0.289. The van der Waals surface area contributed by atoms with Crippen LogP contribution in [0.2, 0.25) is 0 Å². The summed E-state index contributed by atoms with van der Waals surface area (Å²) in [5.41, 5.74) is 1.59. The van der Waals surface area contributed by atoms with Gasteiger partial charge in [0.1, 0.15) is 5.69 Å².